The maximum Gasteiger partial charge on any atom is 0.305 e. The lowest BCUT2D eigenvalue weighted by atomic mass is 9.81. The van der Waals surface area contributed by atoms with E-state index in [1.54, 1.807) is 30.3 Å². The Morgan fingerprint density at radius 3 is 2.06 bits per heavy atom. The van der Waals surface area contributed by atoms with Crippen LogP contribution in [-0.2, 0) is 33.4 Å². The van der Waals surface area contributed by atoms with Crippen LogP contribution in [0, 0.1) is 0 Å². The zero-order valence-electron chi connectivity index (χ0n) is 17.6. The molecule has 1 aliphatic rings. The van der Waals surface area contributed by atoms with Gasteiger partial charge >= 0.3 is 5.97 Å². The molecule has 0 aromatic heterocycles. The molecule has 1 heterocycles. The number of carbonyl (C=O) groups is 4. The van der Waals surface area contributed by atoms with Gasteiger partial charge in [-0.15, -0.1) is 0 Å². The monoisotopic (exact) mass is 438 g/mol. The van der Waals surface area contributed by atoms with E-state index in [4.69, 9.17) is 14.2 Å². The van der Waals surface area contributed by atoms with E-state index >= 15 is 0 Å². The highest BCUT2D eigenvalue weighted by Crippen LogP contribution is 2.38. The number of benzene rings is 1. The fraction of sp³-hybridized carbons (Fsp3) is 0.524. The first-order chi connectivity index (χ1) is 14.4. The van der Waals surface area contributed by atoms with E-state index in [1.165, 1.54) is 6.92 Å². The predicted molar refractivity (Wildman–Crippen MR) is 103 cm³/mol. The molecule has 31 heavy (non-hydrogen) atoms. The van der Waals surface area contributed by atoms with Gasteiger partial charge in [-0.25, -0.2) is 0 Å². The van der Waals surface area contributed by atoms with Crippen LogP contribution in [0.2, 0.25) is 0 Å². The first-order valence-corrected chi connectivity index (χ1v) is 9.54. The van der Waals surface area contributed by atoms with Crippen LogP contribution in [0.5, 0.6) is 0 Å². The Hall–Kier alpha value is -2.50. The average molecular weight is 438 g/mol. The fourth-order valence-electron chi connectivity index (χ4n) is 3.39. The zero-order chi connectivity index (χ0) is 23.5. The van der Waals surface area contributed by atoms with Crippen LogP contribution in [-0.4, -0.2) is 74.9 Å². The second-order valence-electron chi connectivity index (χ2n) is 7.43. The maximum atomic E-state index is 12.4. The molecule has 0 aliphatic carbocycles. The first kappa shape index (κ1) is 24.8. The van der Waals surface area contributed by atoms with Crippen molar-refractivity contribution in [3.63, 3.8) is 0 Å². The molecule has 0 spiro atoms. The molecule has 1 aromatic rings. The van der Waals surface area contributed by atoms with Gasteiger partial charge in [-0.3, -0.25) is 19.2 Å². The van der Waals surface area contributed by atoms with Gasteiger partial charge in [0, 0.05) is 6.92 Å². The number of carbonyl (C=O) groups excluding carboxylic acids is 4. The largest absolute Gasteiger partial charge is 0.432 e. The standard InChI is InChI=1S/C21H26O10/c1-10(22)15(26)18-16(27)19(21(28,12(3)24)20(31-18)29-13(4)25)30-17(11(2)23)14-8-6-5-7-9-14/h5-9,15-20,26-28H,1-4H3/t15?,16-,17?,18-,19+,20+,21-/m1/s1. The lowest BCUT2D eigenvalue weighted by Gasteiger charge is -2.49. The Morgan fingerprint density at radius 1 is 1.03 bits per heavy atom. The summed E-state index contributed by atoms with van der Waals surface area (Å²) in [6, 6.07) is 8.10. The molecule has 1 aromatic carbocycles. The van der Waals surface area contributed by atoms with Crippen LogP contribution in [0.4, 0.5) is 0 Å². The summed E-state index contributed by atoms with van der Waals surface area (Å²) < 4.78 is 15.9. The summed E-state index contributed by atoms with van der Waals surface area (Å²) in [6.07, 6.45) is -10.8. The van der Waals surface area contributed by atoms with Crippen LogP contribution in [0.15, 0.2) is 30.3 Å². The number of rotatable bonds is 8. The SMILES string of the molecule is CC(=O)O[C@H]1O[C@H](C(O)C(C)=O)[C@@H](O)[C@H](OC(C(C)=O)c2ccccc2)[C@]1(O)C(C)=O. The Bertz CT molecular complexity index is 838. The molecule has 0 radical (unpaired) electrons. The van der Waals surface area contributed by atoms with Crippen LogP contribution in [0.3, 0.4) is 0 Å². The van der Waals surface area contributed by atoms with Gasteiger partial charge in [0.05, 0.1) is 0 Å². The van der Waals surface area contributed by atoms with E-state index in [2.05, 4.69) is 0 Å². The molecule has 2 rings (SSSR count). The Morgan fingerprint density at radius 2 is 1.61 bits per heavy atom. The summed E-state index contributed by atoms with van der Waals surface area (Å²) in [7, 11) is 0. The normalized spacial score (nSPS) is 30.2. The van der Waals surface area contributed by atoms with Gasteiger partial charge < -0.3 is 29.5 Å². The molecule has 0 amide bonds. The van der Waals surface area contributed by atoms with E-state index in [9.17, 15) is 34.5 Å². The zero-order valence-corrected chi connectivity index (χ0v) is 17.6. The molecule has 1 saturated heterocycles. The van der Waals surface area contributed by atoms with Crippen molar-refractivity contribution in [3.05, 3.63) is 35.9 Å². The van der Waals surface area contributed by atoms with Gasteiger partial charge in [-0.1, -0.05) is 30.3 Å². The van der Waals surface area contributed by atoms with Crippen molar-refractivity contribution in [2.75, 3.05) is 0 Å². The predicted octanol–water partition coefficient (Wildman–Crippen LogP) is -0.379. The summed E-state index contributed by atoms with van der Waals surface area (Å²) in [5, 5.41) is 32.2. The fourth-order valence-corrected chi connectivity index (χ4v) is 3.39. The van der Waals surface area contributed by atoms with Gasteiger partial charge in [-0.2, -0.15) is 0 Å². The molecule has 2 unspecified atom stereocenters. The van der Waals surface area contributed by atoms with Crippen molar-refractivity contribution in [2.45, 2.75) is 70.1 Å². The summed E-state index contributed by atoms with van der Waals surface area (Å²) in [4.78, 5) is 48.0. The number of aliphatic hydroxyl groups is 3. The number of hydrogen-bond acceptors (Lipinski definition) is 10. The van der Waals surface area contributed by atoms with Gasteiger partial charge in [0.2, 0.25) is 11.9 Å². The number of ether oxygens (including phenoxy) is 3. The van der Waals surface area contributed by atoms with E-state index in [0.717, 1.165) is 20.8 Å². The third-order valence-electron chi connectivity index (χ3n) is 5.04. The lowest BCUT2D eigenvalue weighted by Crippen LogP contribution is -2.72. The van der Waals surface area contributed by atoms with Gasteiger partial charge in [0.1, 0.15) is 30.5 Å². The number of aliphatic hydroxyl groups excluding tert-OH is 2. The summed E-state index contributed by atoms with van der Waals surface area (Å²) >= 11 is 0. The quantitative estimate of drug-likeness (QED) is 0.457. The second kappa shape index (κ2) is 9.75. The van der Waals surface area contributed by atoms with E-state index in [1.807, 2.05) is 0 Å². The smallest absolute Gasteiger partial charge is 0.305 e. The molecule has 7 atom stereocenters. The third kappa shape index (κ3) is 5.05. The van der Waals surface area contributed by atoms with Crippen LogP contribution < -0.4 is 0 Å². The molecule has 10 heteroatoms. The number of esters is 1. The minimum absolute atomic E-state index is 0.368. The Balaban J connectivity index is 2.57. The maximum absolute atomic E-state index is 12.4. The van der Waals surface area contributed by atoms with Crippen molar-refractivity contribution in [1.82, 2.24) is 0 Å². The van der Waals surface area contributed by atoms with Crippen LogP contribution in [0.1, 0.15) is 39.4 Å². The average Bonchev–Trinajstić information content (AvgIpc) is 2.69. The highest BCUT2D eigenvalue weighted by molar-refractivity contribution is 5.87. The van der Waals surface area contributed by atoms with Gasteiger partial charge in [0.15, 0.2) is 17.3 Å². The highest BCUT2D eigenvalue weighted by atomic mass is 16.7. The van der Waals surface area contributed by atoms with E-state index in [-0.39, 0.29) is 0 Å². The number of hydrogen-bond donors (Lipinski definition) is 3. The third-order valence-corrected chi connectivity index (χ3v) is 5.04. The molecule has 170 valence electrons. The minimum atomic E-state index is -2.74. The first-order valence-electron chi connectivity index (χ1n) is 9.54. The molecular formula is C21H26O10. The Kier molecular flexibility index (Phi) is 7.79. The molecule has 3 N–H and O–H groups in total. The van der Waals surface area contributed by atoms with Crippen molar-refractivity contribution < 1.29 is 48.7 Å². The molecular weight excluding hydrogens is 412 g/mol. The van der Waals surface area contributed by atoms with Gasteiger partial charge in [-0.05, 0) is 26.3 Å². The summed E-state index contributed by atoms with van der Waals surface area (Å²) in [5.74, 6) is -3.23. The number of Topliss-reactive ketones (excluding diaryl/α,β-unsaturated/α-hetero) is 3. The minimum Gasteiger partial charge on any atom is -0.432 e. The Labute approximate surface area is 178 Å². The van der Waals surface area contributed by atoms with Gasteiger partial charge in [0.25, 0.3) is 0 Å². The highest BCUT2D eigenvalue weighted by Gasteiger charge is 2.63. The molecule has 0 bridgehead atoms. The second-order valence-corrected chi connectivity index (χ2v) is 7.43. The molecule has 1 aliphatic heterocycles. The van der Waals surface area contributed by atoms with E-state index in [0.29, 0.717) is 5.56 Å². The van der Waals surface area contributed by atoms with Crippen molar-refractivity contribution in [2.24, 2.45) is 0 Å². The van der Waals surface area contributed by atoms with E-state index < -0.39 is 65.7 Å². The summed E-state index contributed by atoms with van der Waals surface area (Å²) in [5.41, 5.74) is -2.37. The summed E-state index contributed by atoms with van der Waals surface area (Å²) in [6.45, 7) is 4.19. The molecule has 10 nitrogen and oxygen atoms in total. The van der Waals surface area contributed by atoms with Crippen molar-refractivity contribution >= 4 is 23.3 Å². The van der Waals surface area contributed by atoms with Crippen molar-refractivity contribution in [1.29, 1.82) is 0 Å². The van der Waals surface area contributed by atoms with Crippen LogP contribution in [0.25, 0.3) is 0 Å². The topological polar surface area (TPSA) is 157 Å². The number of ketones is 3. The lowest BCUT2D eigenvalue weighted by molar-refractivity contribution is -0.334. The van der Waals surface area contributed by atoms with Crippen LogP contribution >= 0.6 is 0 Å². The van der Waals surface area contributed by atoms with Crippen molar-refractivity contribution in [3.8, 4) is 0 Å². The molecule has 0 saturated carbocycles. The molecule has 1 fully saturated rings.